The van der Waals surface area contributed by atoms with Crippen LogP contribution in [0.5, 0.6) is 5.75 Å². The Kier molecular flexibility index (Phi) is 3.88. The van der Waals surface area contributed by atoms with E-state index in [-0.39, 0.29) is 18.1 Å². The molecule has 16 heavy (non-hydrogen) atoms. The monoisotopic (exact) mass is 223 g/mol. The molecule has 0 heterocycles. The van der Waals surface area contributed by atoms with E-state index in [9.17, 15) is 9.59 Å². The first kappa shape index (κ1) is 12.0. The summed E-state index contributed by atoms with van der Waals surface area (Å²) in [6.45, 7) is -0.101. The van der Waals surface area contributed by atoms with Crippen LogP contribution in [0.15, 0.2) is 24.3 Å². The van der Waals surface area contributed by atoms with Crippen LogP contribution in [0.2, 0.25) is 0 Å². The molecular formula is C11H13NO4. The first-order valence-electron chi connectivity index (χ1n) is 4.67. The Morgan fingerprint density at radius 1 is 1.38 bits per heavy atom. The lowest BCUT2D eigenvalue weighted by molar-refractivity contribution is -0.130. The second-order valence-corrected chi connectivity index (χ2v) is 3.41. The highest BCUT2D eigenvalue weighted by atomic mass is 16.5. The van der Waals surface area contributed by atoms with Crippen molar-refractivity contribution in [2.45, 2.75) is 0 Å². The molecule has 1 aromatic rings. The summed E-state index contributed by atoms with van der Waals surface area (Å²) in [5.41, 5.74) is 0.134. The number of carbonyl (C=O) groups excluding carboxylic acids is 1. The van der Waals surface area contributed by atoms with Crippen molar-refractivity contribution in [1.82, 2.24) is 4.90 Å². The van der Waals surface area contributed by atoms with E-state index in [1.54, 1.807) is 26.2 Å². The van der Waals surface area contributed by atoms with Crippen LogP contribution in [0, 0.1) is 0 Å². The van der Waals surface area contributed by atoms with Crippen molar-refractivity contribution >= 4 is 11.9 Å². The maximum atomic E-state index is 11.2. The highest BCUT2D eigenvalue weighted by Crippen LogP contribution is 2.13. The molecule has 0 fully saturated rings. The molecule has 1 rings (SSSR count). The Bertz CT molecular complexity index is 401. The number of hydrogen-bond donors (Lipinski definition) is 1. The molecule has 0 aliphatic rings. The summed E-state index contributed by atoms with van der Waals surface area (Å²) in [6.07, 6.45) is 0. The van der Waals surface area contributed by atoms with Gasteiger partial charge in [-0.3, -0.25) is 4.79 Å². The van der Waals surface area contributed by atoms with E-state index >= 15 is 0 Å². The average molecular weight is 223 g/mol. The van der Waals surface area contributed by atoms with Crippen LogP contribution in [-0.4, -0.2) is 42.6 Å². The van der Waals surface area contributed by atoms with Gasteiger partial charge in [-0.15, -0.1) is 0 Å². The molecule has 1 aromatic carbocycles. The first-order valence-corrected chi connectivity index (χ1v) is 4.67. The summed E-state index contributed by atoms with van der Waals surface area (Å²) >= 11 is 0. The van der Waals surface area contributed by atoms with Gasteiger partial charge in [0.1, 0.15) is 5.75 Å². The molecule has 0 atom stereocenters. The van der Waals surface area contributed by atoms with Gasteiger partial charge >= 0.3 is 5.97 Å². The molecule has 0 unspecified atom stereocenters. The zero-order valence-corrected chi connectivity index (χ0v) is 9.14. The molecule has 0 saturated heterocycles. The van der Waals surface area contributed by atoms with E-state index in [0.29, 0.717) is 5.75 Å². The van der Waals surface area contributed by atoms with E-state index in [0.717, 1.165) is 0 Å². The molecule has 0 spiro atoms. The van der Waals surface area contributed by atoms with Crippen molar-refractivity contribution in [3.05, 3.63) is 29.8 Å². The third-order valence-corrected chi connectivity index (χ3v) is 1.94. The number of carboxylic acid groups (broad SMARTS) is 1. The van der Waals surface area contributed by atoms with Gasteiger partial charge in [0.2, 0.25) is 0 Å². The number of likely N-dealkylation sites (N-methyl/N-ethyl adjacent to an activating group) is 1. The van der Waals surface area contributed by atoms with Crippen LogP contribution in [0.1, 0.15) is 10.4 Å². The van der Waals surface area contributed by atoms with Gasteiger partial charge < -0.3 is 14.7 Å². The van der Waals surface area contributed by atoms with Gasteiger partial charge in [-0.25, -0.2) is 4.79 Å². The first-order chi connectivity index (χ1) is 7.50. The number of nitrogens with zero attached hydrogens (tertiary/aromatic N) is 1. The Labute approximate surface area is 93.2 Å². The summed E-state index contributed by atoms with van der Waals surface area (Å²) < 4.78 is 5.17. The number of rotatable bonds is 4. The second kappa shape index (κ2) is 5.16. The maximum Gasteiger partial charge on any atom is 0.335 e. The topological polar surface area (TPSA) is 66.8 Å². The van der Waals surface area contributed by atoms with Crippen molar-refractivity contribution in [2.24, 2.45) is 0 Å². The predicted octanol–water partition coefficient (Wildman–Crippen LogP) is 0.852. The number of amides is 1. The van der Waals surface area contributed by atoms with E-state index in [2.05, 4.69) is 0 Å². The fraction of sp³-hybridized carbons (Fsp3) is 0.273. The third kappa shape index (κ3) is 3.27. The lowest BCUT2D eigenvalue weighted by Gasteiger charge is -2.11. The van der Waals surface area contributed by atoms with Gasteiger partial charge in [0.15, 0.2) is 6.61 Å². The molecule has 86 valence electrons. The molecule has 1 N–H and O–H groups in total. The summed E-state index contributed by atoms with van der Waals surface area (Å²) in [4.78, 5) is 23.3. The minimum atomic E-state index is -1.02. The summed E-state index contributed by atoms with van der Waals surface area (Å²) in [5.74, 6) is -0.833. The number of benzene rings is 1. The van der Waals surface area contributed by atoms with Gasteiger partial charge in [-0.2, -0.15) is 0 Å². The fourth-order valence-electron chi connectivity index (χ4n) is 0.993. The molecule has 0 radical (unpaired) electrons. The summed E-state index contributed by atoms with van der Waals surface area (Å²) in [5, 5.41) is 8.74. The van der Waals surface area contributed by atoms with Gasteiger partial charge in [0, 0.05) is 14.1 Å². The minimum absolute atomic E-state index is 0.101. The van der Waals surface area contributed by atoms with Crippen LogP contribution < -0.4 is 4.74 Å². The van der Waals surface area contributed by atoms with Crippen LogP contribution in [0.3, 0.4) is 0 Å². The molecule has 0 saturated carbocycles. The van der Waals surface area contributed by atoms with E-state index in [4.69, 9.17) is 9.84 Å². The molecule has 0 aliphatic carbocycles. The molecule has 0 aliphatic heterocycles. The van der Waals surface area contributed by atoms with Crippen LogP contribution >= 0.6 is 0 Å². The highest BCUT2D eigenvalue weighted by molar-refractivity contribution is 5.88. The Hall–Kier alpha value is -2.04. The number of carboxylic acids is 1. The van der Waals surface area contributed by atoms with Gasteiger partial charge in [0.25, 0.3) is 5.91 Å². The molecule has 1 amide bonds. The number of hydrogen-bond acceptors (Lipinski definition) is 3. The minimum Gasteiger partial charge on any atom is -0.484 e. The van der Waals surface area contributed by atoms with Gasteiger partial charge in [0.05, 0.1) is 5.56 Å². The van der Waals surface area contributed by atoms with Crippen molar-refractivity contribution in [1.29, 1.82) is 0 Å². The number of carbonyl (C=O) groups is 2. The predicted molar refractivity (Wildman–Crippen MR) is 57.6 cm³/mol. The van der Waals surface area contributed by atoms with E-state index < -0.39 is 5.97 Å². The largest absolute Gasteiger partial charge is 0.484 e. The van der Waals surface area contributed by atoms with Crippen LogP contribution in [-0.2, 0) is 4.79 Å². The number of ether oxygens (including phenoxy) is 1. The SMILES string of the molecule is CN(C)C(=O)COc1cccc(C(=O)O)c1. The lowest BCUT2D eigenvalue weighted by atomic mass is 10.2. The summed E-state index contributed by atoms with van der Waals surface area (Å²) in [7, 11) is 3.25. The Morgan fingerprint density at radius 2 is 2.06 bits per heavy atom. The van der Waals surface area contributed by atoms with E-state index in [1.165, 1.54) is 17.0 Å². The molecule has 5 heteroatoms. The van der Waals surface area contributed by atoms with Crippen LogP contribution in [0.25, 0.3) is 0 Å². The fourth-order valence-corrected chi connectivity index (χ4v) is 0.993. The van der Waals surface area contributed by atoms with E-state index in [1.807, 2.05) is 0 Å². The Morgan fingerprint density at radius 3 is 2.62 bits per heavy atom. The third-order valence-electron chi connectivity index (χ3n) is 1.94. The van der Waals surface area contributed by atoms with Crippen molar-refractivity contribution in [3.63, 3.8) is 0 Å². The van der Waals surface area contributed by atoms with Crippen molar-refractivity contribution in [3.8, 4) is 5.75 Å². The van der Waals surface area contributed by atoms with Gasteiger partial charge in [-0.1, -0.05) is 6.07 Å². The zero-order valence-electron chi connectivity index (χ0n) is 9.14. The standard InChI is InChI=1S/C11H13NO4/c1-12(2)10(13)7-16-9-5-3-4-8(6-9)11(14)15/h3-6H,7H2,1-2H3,(H,14,15). The molecule has 0 bridgehead atoms. The second-order valence-electron chi connectivity index (χ2n) is 3.41. The summed E-state index contributed by atoms with van der Waals surface area (Å²) in [6, 6.07) is 6.02. The highest BCUT2D eigenvalue weighted by Gasteiger charge is 2.07. The van der Waals surface area contributed by atoms with Gasteiger partial charge in [-0.05, 0) is 18.2 Å². The zero-order chi connectivity index (χ0) is 12.1. The molecule has 0 aromatic heterocycles. The molecular weight excluding hydrogens is 210 g/mol. The Balaban J connectivity index is 2.64. The average Bonchev–Trinajstić information content (AvgIpc) is 2.26. The number of aromatic carboxylic acids is 1. The molecule has 5 nitrogen and oxygen atoms in total. The quantitative estimate of drug-likeness (QED) is 0.821. The van der Waals surface area contributed by atoms with Crippen LogP contribution in [0.4, 0.5) is 0 Å². The lowest BCUT2D eigenvalue weighted by Crippen LogP contribution is -2.27. The smallest absolute Gasteiger partial charge is 0.335 e. The van der Waals surface area contributed by atoms with Crippen molar-refractivity contribution in [2.75, 3.05) is 20.7 Å². The normalized spacial score (nSPS) is 9.62. The van der Waals surface area contributed by atoms with Crippen molar-refractivity contribution < 1.29 is 19.4 Å². The maximum absolute atomic E-state index is 11.2.